The Labute approximate surface area is 141 Å². The van der Waals surface area contributed by atoms with E-state index in [2.05, 4.69) is 0 Å². The lowest BCUT2D eigenvalue weighted by molar-refractivity contribution is -0.384. The lowest BCUT2D eigenvalue weighted by atomic mass is 10.1. The minimum atomic E-state index is -0.735. The van der Waals surface area contributed by atoms with Crippen LogP contribution in [0, 0.1) is 24.0 Å². The molecule has 7 nitrogen and oxygen atoms in total. The maximum atomic E-state index is 12.3. The van der Waals surface area contributed by atoms with E-state index >= 15 is 0 Å². The van der Waals surface area contributed by atoms with Crippen molar-refractivity contribution in [2.75, 3.05) is 0 Å². The van der Waals surface area contributed by atoms with E-state index in [4.69, 9.17) is 9.15 Å². The van der Waals surface area contributed by atoms with Crippen LogP contribution in [0.25, 0.3) is 11.0 Å². The summed E-state index contributed by atoms with van der Waals surface area (Å²) in [6.07, 6.45) is 0. The van der Waals surface area contributed by atoms with Crippen molar-refractivity contribution in [3.63, 3.8) is 0 Å². The molecule has 0 aliphatic rings. The monoisotopic (exact) mass is 339 g/mol. The first-order chi connectivity index (χ1) is 11.9. The van der Waals surface area contributed by atoms with Crippen LogP contribution >= 0.6 is 0 Å². The highest BCUT2D eigenvalue weighted by molar-refractivity contribution is 5.93. The van der Waals surface area contributed by atoms with Crippen LogP contribution < -0.4 is 10.4 Å². The fourth-order valence-corrected chi connectivity index (χ4v) is 2.52. The van der Waals surface area contributed by atoms with Crippen LogP contribution in [0.5, 0.6) is 5.75 Å². The van der Waals surface area contributed by atoms with Gasteiger partial charge in [-0.25, -0.2) is 9.59 Å². The van der Waals surface area contributed by atoms with E-state index in [-0.39, 0.29) is 17.0 Å². The van der Waals surface area contributed by atoms with Gasteiger partial charge in [-0.2, -0.15) is 0 Å². The third kappa shape index (κ3) is 3.12. The van der Waals surface area contributed by atoms with Gasteiger partial charge in [0, 0.05) is 29.1 Å². The average molecular weight is 339 g/mol. The van der Waals surface area contributed by atoms with Crippen molar-refractivity contribution in [1.82, 2.24) is 0 Å². The molecular formula is C18H13NO6. The summed E-state index contributed by atoms with van der Waals surface area (Å²) in [4.78, 5) is 34.1. The minimum Gasteiger partial charge on any atom is -0.423 e. The molecule has 0 fully saturated rings. The maximum absolute atomic E-state index is 12.3. The van der Waals surface area contributed by atoms with E-state index in [0.717, 1.165) is 17.0 Å². The van der Waals surface area contributed by atoms with Crippen LogP contribution in [-0.4, -0.2) is 10.9 Å². The Bertz CT molecular complexity index is 1070. The molecule has 1 aromatic heterocycles. The van der Waals surface area contributed by atoms with Crippen molar-refractivity contribution >= 4 is 22.6 Å². The fraction of sp³-hybridized carbons (Fsp3) is 0.111. The zero-order chi connectivity index (χ0) is 18.1. The number of hydrogen-bond donors (Lipinski definition) is 0. The molecule has 0 aliphatic heterocycles. The summed E-state index contributed by atoms with van der Waals surface area (Å²) < 4.78 is 10.5. The van der Waals surface area contributed by atoms with Crippen LogP contribution in [0.3, 0.4) is 0 Å². The largest absolute Gasteiger partial charge is 0.423 e. The van der Waals surface area contributed by atoms with Gasteiger partial charge in [0.15, 0.2) is 0 Å². The Hall–Kier alpha value is -3.48. The van der Waals surface area contributed by atoms with Gasteiger partial charge in [-0.05, 0) is 37.6 Å². The highest BCUT2D eigenvalue weighted by atomic mass is 16.6. The van der Waals surface area contributed by atoms with Crippen LogP contribution in [0.4, 0.5) is 5.69 Å². The molecule has 0 bridgehead atoms. The number of nitrogens with zero attached hydrogens (tertiary/aromatic N) is 1. The van der Waals surface area contributed by atoms with Crippen molar-refractivity contribution in [3.8, 4) is 5.75 Å². The summed E-state index contributed by atoms with van der Waals surface area (Å²) >= 11 is 0. The van der Waals surface area contributed by atoms with Crippen LogP contribution in [0.1, 0.15) is 21.5 Å². The van der Waals surface area contributed by atoms with E-state index in [1.807, 2.05) is 0 Å². The van der Waals surface area contributed by atoms with Gasteiger partial charge in [0.25, 0.3) is 5.69 Å². The summed E-state index contributed by atoms with van der Waals surface area (Å²) in [5, 5.41) is 11.6. The fourth-order valence-electron chi connectivity index (χ4n) is 2.52. The predicted molar refractivity (Wildman–Crippen MR) is 90.0 cm³/mol. The summed E-state index contributed by atoms with van der Waals surface area (Å²) in [7, 11) is 0. The Balaban J connectivity index is 1.99. The molecule has 0 saturated carbocycles. The van der Waals surface area contributed by atoms with Crippen LogP contribution in [0.2, 0.25) is 0 Å². The number of carbonyl (C=O) groups excluding carboxylic acids is 1. The number of nitro benzene ring substituents is 1. The number of rotatable bonds is 3. The number of esters is 1. The number of ether oxygens (including phenoxy) is 1. The molecule has 1 heterocycles. The Morgan fingerprint density at radius 3 is 2.64 bits per heavy atom. The molecule has 0 saturated heterocycles. The van der Waals surface area contributed by atoms with Gasteiger partial charge < -0.3 is 9.15 Å². The average Bonchev–Trinajstić information content (AvgIpc) is 2.57. The lowest BCUT2D eigenvalue weighted by Gasteiger charge is -2.10. The molecule has 7 heteroatoms. The molecule has 0 spiro atoms. The van der Waals surface area contributed by atoms with Crippen molar-refractivity contribution in [1.29, 1.82) is 0 Å². The van der Waals surface area contributed by atoms with Crippen LogP contribution in [0.15, 0.2) is 51.7 Å². The molecule has 2 aromatic carbocycles. The SMILES string of the molecule is Cc1cc(=O)oc2c(C)c(OC(=O)c3cccc([N+](=O)[O-])c3)ccc12. The first-order valence-electron chi connectivity index (χ1n) is 7.37. The second kappa shape index (κ2) is 6.20. The van der Waals surface area contributed by atoms with E-state index < -0.39 is 16.5 Å². The molecule has 0 aliphatic carbocycles. The van der Waals surface area contributed by atoms with Crippen molar-refractivity contribution in [2.24, 2.45) is 0 Å². The number of aryl methyl sites for hydroxylation is 2. The Kier molecular flexibility index (Phi) is 4.06. The molecule has 0 amide bonds. The zero-order valence-corrected chi connectivity index (χ0v) is 13.4. The first-order valence-corrected chi connectivity index (χ1v) is 7.37. The third-order valence-electron chi connectivity index (χ3n) is 3.81. The van der Waals surface area contributed by atoms with Crippen molar-refractivity contribution in [3.05, 3.63) is 79.7 Å². The summed E-state index contributed by atoms with van der Waals surface area (Å²) in [5.41, 5.74) is 0.957. The van der Waals surface area contributed by atoms with E-state index in [0.29, 0.717) is 11.1 Å². The second-order valence-corrected chi connectivity index (χ2v) is 5.51. The number of nitro groups is 1. The smallest absolute Gasteiger partial charge is 0.343 e. The summed E-state index contributed by atoms with van der Waals surface area (Å²) in [5.74, 6) is -0.515. The summed E-state index contributed by atoms with van der Waals surface area (Å²) in [6, 6.07) is 9.94. The molecule has 3 rings (SSSR count). The first kappa shape index (κ1) is 16.4. The molecule has 126 valence electrons. The maximum Gasteiger partial charge on any atom is 0.343 e. The molecule has 0 N–H and O–H groups in total. The third-order valence-corrected chi connectivity index (χ3v) is 3.81. The van der Waals surface area contributed by atoms with Crippen LogP contribution in [-0.2, 0) is 0 Å². The molecule has 0 atom stereocenters. The van der Waals surface area contributed by atoms with Crippen molar-refractivity contribution < 1.29 is 18.9 Å². The van der Waals surface area contributed by atoms with E-state index in [1.165, 1.54) is 24.3 Å². The van der Waals surface area contributed by atoms with E-state index in [9.17, 15) is 19.7 Å². The molecule has 25 heavy (non-hydrogen) atoms. The van der Waals surface area contributed by atoms with Gasteiger partial charge in [-0.15, -0.1) is 0 Å². The topological polar surface area (TPSA) is 99.7 Å². The molecule has 3 aromatic rings. The number of carbonyl (C=O) groups is 1. The van der Waals surface area contributed by atoms with Gasteiger partial charge in [0.2, 0.25) is 0 Å². The number of fused-ring (bicyclic) bond motifs is 1. The molecule has 0 unspecified atom stereocenters. The van der Waals surface area contributed by atoms with Gasteiger partial charge in [-0.1, -0.05) is 6.07 Å². The predicted octanol–water partition coefficient (Wildman–Crippen LogP) is 3.54. The molecule has 0 radical (unpaired) electrons. The minimum absolute atomic E-state index is 0.0550. The van der Waals surface area contributed by atoms with Gasteiger partial charge in [0.05, 0.1) is 10.5 Å². The quantitative estimate of drug-likeness (QED) is 0.238. The molecular weight excluding hydrogens is 326 g/mol. The van der Waals surface area contributed by atoms with Crippen molar-refractivity contribution in [2.45, 2.75) is 13.8 Å². The Morgan fingerprint density at radius 1 is 1.16 bits per heavy atom. The number of non-ortho nitro benzene ring substituents is 1. The lowest BCUT2D eigenvalue weighted by Crippen LogP contribution is -2.10. The highest BCUT2D eigenvalue weighted by Crippen LogP contribution is 2.29. The standard InChI is InChI=1S/C18H13NO6/c1-10-8-16(20)25-17-11(2)15(7-6-14(10)17)24-18(21)12-4-3-5-13(9-12)19(22)23/h3-9H,1-2H3. The second-order valence-electron chi connectivity index (χ2n) is 5.51. The highest BCUT2D eigenvalue weighted by Gasteiger charge is 2.16. The summed E-state index contributed by atoms with van der Waals surface area (Å²) in [6.45, 7) is 3.45. The van der Waals surface area contributed by atoms with E-state index in [1.54, 1.807) is 26.0 Å². The Morgan fingerprint density at radius 2 is 1.92 bits per heavy atom. The van der Waals surface area contributed by atoms with Gasteiger partial charge in [0.1, 0.15) is 11.3 Å². The zero-order valence-electron chi connectivity index (χ0n) is 13.4. The van der Waals surface area contributed by atoms with Gasteiger partial charge >= 0.3 is 11.6 Å². The number of hydrogen-bond acceptors (Lipinski definition) is 6. The normalized spacial score (nSPS) is 10.6. The van der Waals surface area contributed by atoms with Gasteiger partial charge in [-0.3, -0.25) is 10.1 Å². The number of benzene rings is 2.